The van der Waals surface area contributed by atoms with Crippen LogP contribution in [0, 0.1) is 12.8 Å². The number of carbonyl (C=O) groups is 1. The summed E-state index contributed by atoms with van der Waals surface area (Å²) in [6, 6.07) is 10.2. The number of rotatable bonds is 5. The predicted octanol–water partition coefficient (Wildman–Crippen LogP) is 4.86. The van der Waals surface area contributed by atoms with Crippen LogP contribution in [0.2, 0.25) is 0 Å². The van der Waals surface area contributed by atoms with Crippen LogP contribution in [0.15, 0.2) is 36.5 Å². The fraction of sp³-hybridized carbons (Fsp3) is 0.538. The molecular formula is C26H34N2O2. The van der Waals surface area contributed by atoms with Gasteiger partial charge in [0.1, 0.15) is 0 Å². The first-order valence-corrected chi connectivity index (χ1v) is 11.4. The zero-order chi connectivity index (χ0) is 21.4. The van der Waals surface area contributed by atoms with Gasteiger partial charge < -0.3 is 10.4 Å². The molecule has 0 spiro atoms. The zero-order valence-corrected chi connectivity index (χ0v) is 18.5. The van der Waals surface area contributed by atoms with Gasteiger partial charge in [0.05, 0.1) is 5.60 Å². The zero-order valence-electron chi connectivity index (χ0n) is 18.5. The lowest BCUT2D eigenvalue weighted by molar-refractivity contribution is -0.0390. The number of hydrogen-bond acceptors (Lipinski definition) is 3. The molecule has 1 aromatic heterocycles. The van der Waals surface area contributed by atoms with Gasteiger partial charge in [0.15, 0.2) is 0 Å². The standard InChI is InChI=1S/C26H34N2O2/c1-4-11-26-13-12-25(3,30)16-22(26)9-7-19-15-20(8-10-23(19)26)24(29)28-17-21-6-5-14-27-18(21)2/h5-6,8,10,14-15,22,30H,4,7,9,11-13,16-17H2,1-3H3,(H,28,29)/t22-,25+,26+/m0/s1. The number of aryl methyl sites for hydroxylation is 2. The molecule has 1 heterocycles. The van der Waals surface area contributed by atoms with E-state index in [2.05, 4.69) is 29.4 Å². The third-order valence-corrected chi connectivity index (χ3v) is 7.50. The maximum Gasteiger partial charge on any atom is 0.251 e. The van der Waals surface area contributed by atoms with Crippen LogP contribution in [0.4, 0.5) is 0 Å². The van der Waals surface area contributed by atoms with Crippen molar-refractivity contribution in [2.24, 2.45) is 5.92 Å². The Morgan fingerprint density at radius 2 is 2.13 bits per heavy atom. The monoisotopic (exact) mass is 406 g/mol. The molecule has 4 nitrogen and oxygen atoms in total. The molecule has 2 aliphatic rings. The minimum Gasteiger partial charge on any atom is -0.390 e. The van der Waals surface area contributed by atoms with Crippen LogP contribution < -0.4 is 5.32 Å². The Balaban J connectivity index is 1.56. The fourth-order valence-corrected chi connectivity index (χ4v) is 5.91. The number of hydrogen-bond donors (Lipinski definition) is 2. The van der Waals surface area contributed by atoms with Crippen molar-refractivity contribution in [3.8, 4) is 0 Å². The summed E-state index contributed by atoms with van der Waals surface area (Å²) in [5.74, 6) is 0.501. The summed E-state index contributed by atoms with van der Waals surface area (Å²) in [5, 5.41) is 13.7. The summed E-state index contributed by atoms with van der Waals surface area (Å²) in [6.07, 6.45) is 8.95. The van der Waals surface area contributed by atoms with Crippen LogP contribution in [0.1, 0.15) is 85.1 Å². The quantitative estimate of drug-likeness (QED) is 0.746. The predicted molar refractivity (Wildman–Crippen MR) is 119 cm³/mol. The topological polar surface area (TPSA) is 62.2 Å². The third kappa shape index (κ3) is 3.90. The molecule has 2 N–H and O–H groups in total. The SMILES string of the molecule is CCC[C@@]12CC[C@@](C)(O)C[C@@H]1CCc1cc(C(=O)NCc3cccnc3C)ccc12. The second-order valence-electron chi connectivity index (χ2n) is 9.65. The van der Waals surface area contributed by atoms with Gasteiger partial charge in [-0.3, -0.25) is 9.78 Å². The second kappa shape index (κ2) is 8.14. The van der Waals surface area contributed by atoms with E-state index in [1.807, 2.05) is 32.0 Å². The first-order chi connectivity index (χ1) is 14.3. The molecule has 0 bridgehead atoms. The molecule has 2 aromatic rings. The minimum atomic E-state index is -0.538. The van der Waals surface area contributed by atoms with Crippen LogP contribution >= 0.6 is 0 Å². The summed E-state index contributed by atoms with van der Waals surface area (Å²) in [4.78, 5) is 17.1. The molecule has 4 heteroatoms. The Kier molecular flexibility index (Phi) is 5.71. The van der Waals surface area contributed by atoms with Crippen molar-refractivity contribution in [3.63, 3.8) is 0 Å². The van der Waals surface area contributed by atoms with E-state index >= 15 is 0 Å². The van der Waals surface area contributed by atoms with Gasteiger partial charge in [-0.05, 0) is 98.6 Å². The molecule has 1 amide bonds. The molecule has 1 saturated carbocycles. The Labute approximate surface area is 180 Å². The smallest absolute Gasteiger partial charge is 0.251 e. The summed E-state index contributed by atoms with van der Waals surface area (Å²) < 4.78 is 0. The lowest BCUT2D eigenvalue weighted by Crippen LogP contribution is -2.49. The number of pyridine rings is 1. The fourth-order valence-electron chi connectivity index (χ4n) is 5.91. The number of nitrogens with zero attached hydrogens (tertiary/aromatic N) is 1. The van der Waals surface area contributed by atoms with Crippen LogP contribution in [0.3, 0.4) is 0 Å². The van der Waals surface area contributed by atoms with E-state index in [9.17, 15) is 9.90 Å². The molecular weight excluding hydrogens is 372 g/mol. The van der Waals surface area contributed by atoms with E-state index in [1.54, 1.807) is 6.20 Å². The molecule has 4 rings (SSSR count). The first kappa shape index (κ1) is 21.0. The Morgan fingerprint density at radius 1 is 1.30 bits per heavy atom. The van der Waals surface area contributed by atoms with E-state index in [-0.39, 0.29) is 11.3 Å². The van der Waals surface area contributed by atoms with Crippen LogP contribution in [0.5, 0.6) is 0 Å². The molecule has 3 atom stereocenters. The van der Waals surface area contributed by atoms with E-state index < -0.39 is 5.60 Å². The van der Waals surface area contributed by atoms with Crippen LogP contribution in [-0.2, 0) is 18.4 Å². The van der Waals surface area contributed by atoms with E-state index in [4.69, 9.17) is 0 Å². The van der Waals surface area contributed by atoms with Crippen molar-refractivity contribution in [2.45, 2.75) is 83.3 Å². The lowest BCUT2D eigenvalue weighted by Gasteiger charge is -2.52. The molecule has 2 aliphatic carbocycles. The van der Waals surface area contributed by atoms with E-state index in [1.165, 1.54) is 11.1 Å². The Hall–Kier alpha value is -2.20. The van der Waals surface area contributed by atoms with Crippen molar-refractivity contribution in [2.75, 3.05) is 0 Å². The van der Waals surface area contributed by atoms with Gasteiger partial charge in [-0.2, -0.15) is 0 Å². The number of nitrogens with one attached hydrogen (secondary N) is 1. The highest BCUT2D eigenvalue weighted by Gasteiger charge is 2.49. The first-order valence-electron chi connectivity index (χ1n) is 11.4. The number of carbonyl (C=O) groups excluding carboxylic acids is 1. The summed E-state index contributed by atoms with van der Waals surface area (Å²) in [5.41, 5.74) is 5.10. The molecule has 30 heavy (non-hydrogen) atoms. The number of aliphatic hydroxyl groups is 1. The average molecular weight is 407 g/mol. The Morgan fingerprint density at radius 3 is 2.90 bits per heavy atom. The summed E-state index contributed by atoms with van der Waals surface area (Å²) in [7, 11) is 0. The highest BCUT2D eigenvalue weighted by Crippen LogP contribution is 2.54. The second-order valence-corrected chi connectivity index (χ2v) is 9.65. The summed E-state index contributed by atoms with van der Waals surface area (Å²) in [6.45, 7) is 6.71. The van der Waals surface area contributed by atoms with Crippen molar-refractivity contribution in [3.05, 3.63) is 64.5 Å². The minimum absolute atomic E-state index is 0.0284. The van der Waals surface area contributed by atoms with Crippen molar-refractivity contribution < 1.29 is 9.90 Å². The van der Waals surface area contributed by atoms with Gasteiger partial charge >= 0.3 is 0 Å². The highest BCUT2D eigenvalue weighted by atomic mass is 16.3. The lowest BCUT2D eigenvalue weighted by atomic mass is 9.53. The van der Waals surface area contributed by atoms with Gasteiger partial charge in [-0.25, -0.2) is 0 Å². The number of amides is 1. The van der Waals surface area contributed by atoms with Crippen LogP contribution in [0.25, 0.3) is 0 Å². The third-order valence-electron chi connectivity index (χ3n) is 7.50. The van der Waals surface area contributed by atoms with Crippen LogP contribution in [-0.4, -0.2) is 21.6 Å². The Bertz CT molecular complexity index is 936. The van der Waals surface area contributed by atoms with Gasteiger partial charge in [0.2, 0.25) is 0 Å². The van der Waals surface area contributed by atoms with Gasteiger partial charge in [0.25, 0.3) is 5.91 Å². The largest absolute Gasteiger partial charge is 0.390 e. The maximum atomic E-state index is 12.8. The molecule has 0 aliphatic heterocycles. The number of benzene rings is 1. The maximum absolute atomic E-state index is 12.8. The van der Waals surface area contributed by atoms with Crippen molar-refractivity contribution in [1.29, 1.82) is 0 Å². The van der Waals surface area contributed by atoms with E-state index in [0.717, 1.165) is 61.8 Å². The van der Waals surface area contributed by atoms with Gasteiger partial charge in [0, 0.05) is 24.0 Å². The molecule has 0 saturated heterocycles. The van der Waals surface area contributed by atoms with Crippen molar-refractivity contribution in [1.82, 2.24) is 10.3 Å². The molecule has 0 unspecified atom stereocenters. The number of fused-ring (bicyclic) bond motifs is 3. The normalized spacial score (nSPS) is 27.8. The highest BCUT2D eigenvalue weighted by molar-refractivity contribution is 5.94. The average Bonchev–Trinajstić information content (AvgIpc) is 2.73. The van der Waals surface area contributed by atoms with Gasteiger partial charge in [-0.15, -0.1) is 0 Å². The molecule has 1 fully saturated rings. The summed E-state index contributed by atoms with van der Waals surface area (Å²) >= 11 is 0. The molecule has 160 valence electrons. The molecule has 0 radical (unpaired) electrons. The van der Waals surface area contributed by atoms with Crippen molar-refractivity contribution >= 4 is 5.91 Å². The number of aromatic nitrogens is 1. The van der Waals surface area contributed by atoms with E-state index in [0.29, 0.717) is 12.5 Å². The molecule has 1 aromatic carbocycles. The van der Waals surface area contributed by atoms with Gasteiger partial charge in [-0.1, -0.05) is 25.5 Å².